The molecule has 2 aliphatic carbocycles. The topological polar surface area (TPSA) is 35.5 Å². The number of fused-ring (bicyclic) bond motifs is 2. The summed E-state index contributed by atoms with van der Waals surface area (Å²) in [5.74, 6) is 0.892. The van der Waals surface area contributed by atoms with E-state index in [1.54, 1.807) is 6.92 Å². The number of carbonyl (C=O) groups excluding carboxylic acids is 1. The van der Waals surface area contributed by atoms with Crippen LogP contribution >= 0.6 is 0 Å². The van der Waals surface area contributed by atoms with Gasteiger partial charge in [0.1, 0.15) is 5.78 Å². The standard InChI is InChI=1S/C14H22O3/c1-9(15)10-8-13(2,3)11-4-5-14(12(10)11)16-6-7-17-14/h10-12H,4-8H2,1-3H3/t10-,11-,12-/m1/s1. The van der Waals surface area contributed by atoms with Crippen LogP contribution in [0.2, 0.25) is 0 Å². The molecule has 0 radical (unpaired) electrons. The highest BCUT2D eigenvalue weighted by molar-refractivity contribution is 5.79. The number of hydrogen-bond donors (Lipinski definition) is 0. The quantitative estimate of drug-likeness (QED) is 0.703. The molecule has 3 rings (SSSR count). The molecule has 0 aromatic heterocycles. The lowest BCUT2D eigenvalue weighted by atomic mass is 9.79. The highest BCUT2D eigenvalue weighted by Crippen LogP contribution is 2.62. The average Bonchev–Trinajstić information content (AvgIpc) is 2.88. The van der Waals surface area contributed by atoms with Gasteiger partial charge in [0.05, 0.1) is 13.2 Å². The van der Waals surface area contributed by atoms with Crippen molar-refractivity contribution in [2.24, 2.45) is 23.2 Å². The molecule has 1 saturated heterocycles. The Morgan fingerprint density at radius 1 is 1.24 bits per heavy atom. The number of ether oxygens (including phenoxy) is 2. The van der Waals surface area contributed by atoms with Gasteiger partial charge in [-0.05, 0) is 31.1 Å². The van der Waals surface area contributed by atoms with E-state index in [4.69, 9.17) is 9.47 Å². The first-order valence-electron chi connectivity index (χ1n) is 6.75. The van der Waals surface area contributed by atoms with Crippen LogP contribution in [0.15, 0.2) is 0 Å². The second-order valence-electron chi connectivity index (χ2n) is 6.59. The fraction of sp³-hybridized carbons (Fsp3) is 0.929. The van der Waals surface area contributed by atoms with Crippen molar-refractivity contribution < 1.29 is 14.3 Å². The van der Waals surface area contributed by atoms with E-state index in [1.807, 2.05) is 0 Å². The molecule has 0 bridgehead atoms. The minimum Gasteiger partial charge on any atom is -0.347 e. The molecule has 3 atom stereocenters. The SMILES string of the molecule is CC(=O)[C@H]1CC(C)(C)[C@@H]2CCC3(OCCO3)[C@H]12. The molecular weight excluding hydrogens is 216 g/mol. The molecule has 1 aliphatic heterocycles. The minimum absolute atomic E-state index is 0.135. The maximum atomic E-state index is 11.9. The van der Waals surface area contributed by atoms with Gasteiger partial charge in [0.2, 0.25) is 0 Å². The van der Waals surface area contributed by atoms with Crippen LogP contribution in [-0.4, -0.2) is 24.8 Å². The Labute approximate surface area is 103 Å². The zero-order valence-electron chi connectivity index (χ0n) is 11.0. The number of carbonyl (C=O) groups is 1. The Kier molecular flexibility index (Phi) is 2.43. The number of ketones is 1. The molecule has 0 aromatic carbocycles. The molecule has 3 heteroatoms. The maximum absolute atomic E-state index is 11.9. The predicted molar refractivity (Wildman–Crippen MR) is 63.4 cm³/mol. The van der Waals surface area contributed by atoms with Gasteiger partial charge in [-0.2, -0.15) is 0 Å². The van der Waals surface area contributed by atoms with Crippen molar-refractivity contribution in [2.75, 3.05) is 13.2 Å². The van der Waals surface area contributed by atoms with Gasteiger partial charge in [0.25, 0.3) is 0 Å². The summed E-state index contributed by atoms with van der Waals surface area (Å²) in [5.41, 5.74) is 0.250. The van der Waals surface area contributed by atoms with E-state index < -0.39 is 5.79 Å². The summed E-state index contributed by atoms with van der Waals surface area (Å²) in [6.07, 6.45) is 3.10. The molecule has 3 nitrogen and oxygen atoms in total. The highest BCUT2D eigenvalue weighted by atomic mass is 16.7. The molecule has 1 heterocycles. The van der Waals surface area contributed by atoms with Gasteiger partial charge in [-0.25, -0.2) is 0 Å². The van der Waals surface area contributed by atoms with E-state index in [2.05, 4.69) is 13.8 Å². The van der Waals surface area contributed by atoms with Crippen LogP contribution in [0.25, 0.3) is 0 Å². The van der Waals surface area contributed by atoms with Gasteiger partial charge in [-0.15, -0.1) is 0 Å². The molecule has 0 amide bonds. The molecule has 0 N–H and O–H groups in total. The summed E-state index contributed by atoms with van der Waals surface area (Å²) >= 11 is 0. The van der Waals surface area contributed by atoms with Gasteiger partial charge < -0.3 is 9.47 Å². The zero-order valence-corrected chi connectivity index (χ0v) is 11.0. The van der Waals surface area contributed by atoms with E-state index in [1.165, 1.54) is 0 Å². The zero-order chi connectivity index (χ0) is 12.3. The van der Waals surface area contributed by atoms with Gasteiger partial charge in [-0.3, -0.25) is 4.79 Å². The molecule has 96 valence electrons. The second kappa shape index (κ2) is 3.55. The van der Waals surface area contributed by atoms with E-state index in [0.717, 1.165) is 19.3 Å². The minimum atomic E-state index is -0.422. The predicted octanol–water partition coefficient (Wildman–Crippen LogP) is 2.39. The highest BCUT2D eigenvalue weighted by Gasteiger charge is 2.64. The summed E-state index contributed by atoms with van der Waals surface area (Å²) in [4.78, 5) is 11.9. The first-order chi connectivity index (χ1) is 7.96. The van der Waals surface area contributed by atoms with Gasteiger partial charge in [-0.1, -0.05) is 13.8 Å². The first kappa shape index (κ1) is 11.7. The Bertz CT molecular complexity index is 341. The monoisotopic (exact) mass is 238 g/mol. The third-order valence-electron chi connectivity index (χ3n) is 5.23. The van der Waals surface area contributed by atoms with Gasteiger partial charge >= 0.3 is 0 Å². The Morgan fingerprint density at radius 3 is 2.47 bits per heavy atom. The van der Waals surface area contributed by atoms with Crippen molar-refractivity contribution in [3.05, 3.63) is 0 Å². The van der Waals surface area contributed by atoms with Crippen molar-refractivity contribution in [2.45, 2.75) is 45.8 Å². The van der Waals surface area contributed by atoms with E-state index >= 15 is 0 Å². The lowest BCUT2D eigenvalue weighted by molar-refractivity contribution is -0.194. The van der Waals surface area contributed by atoms with E-state index in [0.29, 0.717) is 24.9 Å². The van der Waals surface area contributed by atoms with Crippen LogP contribution in [0.4, 0.5) is 0 Å². The summed E-state index contributed by atoms with van der Waals surface area (Å²) in [6, 6.07) is 0. The first-order valence-corrected chi connectivity index (χ1v) is 6.75. The van der Waals surface area contributed by atoms with Gasteiger partial charge in [0, 0.05) is 18.3 Å². The molecule has 2 saturated carbocycles. The molecule has 17 heavy (non-hydrogen) atoms. The van der Waals surface area contributed by atoms with Crippen molar-refractivity contribution in [3.63, 3.8) is 0 Å². The number of hydrogen-bond acceptors (Lipinski definition) is 3. The Hall–Kier alpha value is -0.410. The van der Waals surface area contributed by atoms with Crippen LogP contribution in [0, 0.1) is 23.2 Å². The average molecular weight is 238 g/mol. The van der Waals surface area contributed by atoms with Gasteiger partial charge in [0.15, 0.2) is 5.79 Å². The molecule has 3 aliphatic rings. The number of Topliss-reactive ketones (excluding diaryl/α,β-unsaturated/α-hetero) is 1. The van der Waals surface area contributed by atoms with Crippen molar-refractivity contribution in [1.29, 1.82) is 0 Å². The summed E-state index contributed by atoms with van der Waals surface area (Å²) in [5, 5.41) is 0. The largest absolute Gasteiger partial charge is 0.347 e. The fourth-order valence-electron chi connectivity index (χ4n) is 4.52. The lowest BCUT2D eigenvalue weighted by Crippen LogP contribution is -2.40. The molecule has 0 unspecified atom stereocenters. The lowest BCUT2D eigenvalue weighted by Gasteiger charge is -2.32. The van der Waals surface area contributed by atoms with Crippen molar-refractivity contribution in [3.8, 4) is 0 Å². The van der Waals surface area contributed by atoms with Crippen LogP contribution < -0.4 is 0 Å². The Balaban J connectivity index is 1.97. The smallest absolute Gasteiger partial charge is 0.172 e. The van der Waals surface area contributed by atoms with E-state index in [9.17, 15) is 4.79 Å². The van der Waals surface area contributed by atoms with Crippen molar-refractivity contribution >= 4 is 5.78 Å². The van der Waals surface area contributed by atoms with Crippen molar-refractivity contribution in [1.82, 2.24) is 0 Å². The second-order valence-corrected chi connectivity index (χ2v) is 6.59. The third kappa shape index (κ3) is 1.52. The fourth-order valence-corrected chi connectivity index (χ4v) is 4.52. The van der Waals surface area contributed by atoms with Crippen LogP contribution in [0.3, 0.4) is 0 Å². The Morgan fingerprint density at radius 2 is 1.88 bits per heavy atom. The van der Waals surface area contributed by atoms with Crippen LogP contribution in [0.1, 0.15) is 40.0 Å². The normalized spacial score (nSPS) is 41.9. The maximum Gasteiger partial charge on any atom is 0.172 e. The summed E-state index contributed by atoms with van der Waals surface area (Å²) in [6.45, 7) is 7.69. The number of rotatable bonds is 1. The molecule has 3 fully saturated rings. The van der Waals surface area contributed by atoms with Crippen LogP contribution in [0.5, 0.6) is 0 Å². The molecule has 1 spiro atoms. The molecular formula is C14H22O3. The molecule has 0 aromatic rings. The summed E-state index contributed by atoms with van der Waals surface area (Å²) < 4.78 is 11.8. The van der Waals surface area contributed by atoms with Crippen LogP contribution in [-0.2, 0) is 14.3 Å². The van der Waals surface area contributed by atoms with E-state index in [-0.39, 0.29) is 17.3 Å². The third-order valence-corrected chi connectivity index (χ3v) is 5.23. The summed E-state index contributed by atoms with van der Waals surface area (Å²) in [7, 11) is 0.